The van der Waals surface area contributed by atoms with Crippen LogP contribution in [0.3, 0.4) is 0 Å². The number of para-hydroxylation sites is 1. The highest BCUT2D eigenvalue weighted by atomic mass is 32.2. The fraction of sp³-hybridized carbons (Fsp3) is 0.190. The zero-order valence-electron chi connectivity index (χ0n) is 15.9. The summed E-state index contributed by atoms with van der Waals surface area (Å²) in [5.41, 5.74) is 2.57. The van der Waals surface area contributed by atoms with E-state index in [0.29, 0.717) is 15.8 Å². The molecule has 7 heteroatoms. The first-order valence-electron chi connectivity index (χ1n) is 8.70. The van der Waals surface area contributed by atoms with Crippen LogP contribution in [0.4, 0.5) is 5.69 Å². The third-order valence-electron chi connectivity index (χ3n) is 4.09. The second-order valence-corrected chi connectivity index (χ2v) is 7.23. The molecule has 2 amide bonds. The SMILES string of the molecule is CN=C1S/C(=C\c2ccccc2OCC(=O)Nc2ccc(C)cc2)C(=O)N1C. The Morgan fingerprint density at radius 3 is 2.61 bits per heavy atom. The summed E-state index contributed by atoms with van der Waals surface area (Å²) in [7, 11) is 3.34. The smallest absolute Gasteiger partial charge is 0.266 e. The molecule has 1 saturated heterocycles. The number of nitrogens with zero attached hydrogens (tertiary/aromatic N) is 2. The molecule has 2 aromatic rings. The van der Waals surface area contributed by atoms with Crippen molar-refractivity contribution in [2.45, 2.75) is 6.92 Å². The highest BCUT2D eigenvalue weighted by Gasteiger charge is 2.29. The van der Waals surface area contributed by atoms with Crippen molar-refractivity contribution in [3.8, 4) is 5.75 Å². The second kappa shape index (κ2) is 8.75. The molecular weight excluding hydrogens is 374 g/mol. The van der Waals surface area contributed by atoms with E-state index in [9.17, 15) is 9.59 Å². The van der Waals surface area contributed by atoms with E-state index >= 15 is 0 Å². The van der Waals surface area contributed by atoms with Crippen LogP contribution in [0.15, 0.2) is 58.4 Å². The van der Waals surface area contributed by atoms with Gasteiger partial charge in [0, 0.05) is 25.3 Å². The van der Waals surface area contributed by atoms with Gasteiger partial charge in [0.1, 0.15) is 5.75 Å². The third kappa shape index (κ3) is 4.61. The molecule has 1 fully saturated rings. The van der Waals surface area contributed by atoms with E-state index in [0.717, 1.165) is 16.8 Å². The zero-order chi connectivity index (χ0) is 20.1. The van der Waals surface area contributed by atoms with Crippen molar-refractivity contribution >= 4 is 40.5 Å². The van der Waals surface area contributed by atoms with E-state index in [2.05, 4.69) is 10.3 Å². The normalized spacial score (nSPS) is 16.7. The van der Waals surface area contributed by atoms with Crippen LogP contribution in [0.25, 0.3) is 6.08 Å². The maximum absolute atomic E-state index is 12.3. The third-order valence-corrected chi connectivity index (χ3v) is 5.25. The molecular formula is C21H21N3O3S. The molecule has 6 nitrogen and oxygen atoms in total. The Morgan fingerprint density at radius 1 is 1.21 bits per heavy atom. The number of likely N-dealkylation sites (N-methyl/N-ethyl adjacent to an activating group) is 1. The van der Waals surface area contributed by atoms with Gasteiger partial charge in [-0.2, -0.15) is 0 Å². The standard InChI is InChI=1S/C21H21N3O3S/c1-14-8-10-16(11-9-14)23-19(25)13-27-17-7-5-4-6-15(17)12-18-20(26)24(3)21(22-2)28-18/h4-12H,13H2,1-3H3,(H,23,25)/b18-12-,22-21?. The van der Waals surface area contributed by atoms with E-state index in [4.69, 9.17) is 4.74 Å². The van der Waals surface area contributed by atoms with Gasteiger partial charge in [-0.3, -0.25) is 19.5 Å². The molecule has 1 aliphatic rings. The summed E-state index contributed by atoms with van der Waals surface area (Å²) in [6.07, 6.45) is 1.76. The van der Waals surface area contributed by atoms with Crippen LogP contribution >= 0.6 is 11.8 Å². The molecule has 0 aromatic heterocycles. The first kappa shape index (κ1) is 19.7. The average Bonchev–Trinajstić information content (AvgIpc) is 2.97. The summed E-state index contributed by atoms with van der Waals surface area (Å²) in [6.45, 7) is 1.86. The van der Waals surface area contributed by atoms with Crippen LogP contribution < -0.4 is 10.1 Å². The topological polar surface area (TPSA) is 71.0 Å². The number of hydrogen-bond donors (Lipinski definition) is 1. The number of thioether (sulfide) groups is 1. The Balaban J connectivity index is 1.69. The molecule has 144 valence electrons. The van der Waals surface area contributed by atoms with Gasteiger partial charge >= 0.3 is 0 Å². The Hall–Kier alpha value is -3.06. The Kier molecular flexibility index (Phi) is 6.16. The Labute approximate surface area is 168 Å². The number of rotatable bonds is 5. The average molecular weight is 395 g/mol. The van der Waals surface area contributed by atoms with Crippen molar-refractivity contribution in [3.05, 3.63) is 64.6 Å². The monoisotopic (exact) mass is 395 g/mol. The molecule has 0 saturated carbocycles. The van der Waals surface area contributed by atoms with E-state index in [-0.39, 0.29) is 18.4 Å². The van der Waals surface area contributed by atoms with Gasteiger partial charge in [-0.1, -0.05) is 35.9 Å². The molecule has 0 radical (unpaired) electrons. The maximum Gasteiger partial charge on any atom is 0.266 e. The molecule has 2 aromatic carbocycles. The number of ether oxygens (including phenoxy) is 1. The van der Waals surface area contributed by atoms with Crippen LogP contribution in [0, 0.1) is 6.92 Å². The van der Waals surface area contributed by atoms with Gasteiger partial charge in [0.15, 0.2) is 11.8 Å². The summed E-state index contributed by atoms with van der Waals surface area (Å²) in [5, 5.41) is 3.44. The molecule has 0 atom stereocenters. The van der Waals surface area contributed by atoms with E-state index in [1.54, 1.807) is 26.2 Å². The molecule has 28 heavy (non-hydrogen) atoms. The van der Waals surface area contributed by atoms with Crippen molar-refractivity contribution in [3.63, 3.8) is 0 Å². The molecule has 3 rings (SSSR count). The number of carbonyl (C=O) groups excluding carboxylic acids is 2. The first-order valence-corrected chi connectivity index (χ1v) is 9.52. The number of aryl methyl sites for hydroxylation is 1. The summed E-state index contributed by atoms with van der Waals surface area (Å²) in [5.74, 6) is 0.169. The number of nitrogens with one attached hydrogen (secondary N) is 1. The molecule has 0 aliphatic carbocycles. The van der Waals surface area contributed by atoms with Gasteiger partial charge in [-0.25, -0.2) is 0 Å². The quantitative estimate of drug-likeness (QED) is 0.786. The zero-order valence-corrected chi connectivity index (χ0v) is 16.7. The van der Waals surface area contributed by atoms with Crippen molar-refractivity contribution in [1.82, 2.24) is 4.90 Å². The number of amides is 2. The number of amidine groups is 1. The van der Waals surface area contributed by atoms with E-state index < -0.39 is 0 Å². The maximum atomic E-state index is 12.3. The molecule has 1 heterocycles. The van der Waals surface area contributed by atoms with E-state index in [1.165, 1.54) is 16.7 Å². The number of benzene rings is 2. The second-order valence-electron chi connectivity index (χ2n) is 6.22. The van der Waals surface area contributed by atoms with Crippen molar-refractivity contribution in [2.24, 2.45) is 4.99 Å². The lowest BCUT2D eigenvalue weighted by Gasteiger charge is -2.10. The van der Waals surface area contributed by atoms with Crippen molar-refractivity contribution in [1.29, 1.82) is 0 Å². The molecule has 0 bridgehead atoms. The lowest BCUT2D eigenvalue weighted by Crippen LogP contribution is -2.23. The van der Waals surface area contributed by atoms with Gasteiger partial charge in [-0.15, -0.1) is 0 Å². The minimum absolute atomic E-state index is 0.113. The van der Waals surface area contributed by atoms with Crippen LogP contribution in [-0.2, 0) is 9.59 Å². The summed E-state index contributed by atoms with van der Waals surface area (Å²) < 4.78 is 5.70. The Morgan fingerprint density at radius 2 is 1.93 bits per heavy atom. The lowest BCUT2D eigenvalue weighted by molar-refractivity contribution is -0.121. The van der Waals surface area contributed by atoms with Gasteiger partial charge in [0.25, 0.3) is 11.8 Å². The van der Waals surface area contributed by atoms with Gasteiger partial charge in [-0.05, 0) is 43.0 Å². The minimum atomic E-state index is -0.252. The fourth-order valence-corrected chi connectivity index (χ4v) is 3.52. The predicted octanol–water partition coefficient (Wildman–Crippen LogP) is 3.54. The van der Waals surface area contributed by atoms with Crippen LogP contribution in [0.5, 0.6) is 5.75 Å². The molecule has 1 N–H and O–H groups in total. The molecule has 0 spiro atoms. The van der Waals surface area contributed by atoms with Gasteiger partial charge in [0.05, 0.1) is 4.91 Å². The summed E-state index contributed by atoms with van der Waals surface area (Å²) in [6, 6.07) is 14.8. The Bertz CT molecular complexity index is 952. The fourth-order valence-electron chi connectivity index (χ4n) is 2.60. The van der Waals surface area contributed by atoms with Crippen LogP contribution in [-0.4, -0.2) is 42.6 Å². The number of aliphatic imine (C=N–C) groups is 1. The van der Waals surface area contributed by atoms with E-state index in [1.807, 2.05) is 49.4 Å². The summed E-state index contributed by atoms with van der Waals surface area (Å²) in [4.78, 5) is 30.7. The number of hydrogen-bond acceptors (Lipinski definition) is 5. The molecule has 0 unspecified atom stereocenters. The van der Waals surface area contributed by atoms with Crippen molar-refractivity contribution < 1.29 is 14.3 Å². The minimum Gasteiger partial charge on any atom is -0.483 e. The predicted molar refractivity (Wildman–Crippen MR) is 113 cm³/mol. The number of anilines is 1. The number of carbonyl (C=O) groups is 2. The van der Waals surface area contributed by atoms with Crippen LogP contribution in [0.2, 0.25) is 0 Å². The summed E-state index contributed by atoms with van der Waals surface area (Å²) >= 11 is 1.31. The van der Waals surface area contributed by atoms with Gasteiger partial charge < -0.3 is 10.1 Å². The molecule has 1 aliphatic heterocycles. The first-order chi connectivity index (χ1) is 13.5. The largest absolute Gasteiger partial charge is 0.483 e. The van der Waals surface area contributed by atoms with Crippen LogP contribution in [0.1, 0.15) is 11.1 Å². The lowest BCUT2D eigenvalue weighted by atomic mass is 10.2. The highest BCUT2D eigenvalue weighted by molar-refractivity contribution is 8.18. The van der Waals surface area contributed by atoms with Gasteiger partial charge in [0.2, 0.25) is 0 Å². The highest BCUT2D eigenvalue weighted by Crippen LogP contribution is 2.33. The van der Waals surface area contributed by atoms with Crippen molar-refractivity contribution in [2.75, 3.05) is 26.0 Å².